The van der Waals surface area contributed by atoms with Gasteiger partial charge in [0.25, 0.3) is 0 Å². The molecule has 1 aromatic heterocycles. The van der Waals surface area contributed by atoms with Crippen LogP contribution in [0.4, 0.5) is 10.1 Å². The second-order valence-electron chi connectivity index (χ2n) is 6.93. The van der Waals surface area contributed by atoms with Gasteiger partial charge in [0.1, 0.15) is 12.7 Å². The van der Waals surface area contributed by atoms with Crippen molar-refractivity contribution in [3.05, 3.63) is 95.0 Å². The molecule has 3 aromatic carbocycles. The third-order valence-electron chi connectivity index (χ3n) is 4.61. The van der Waals surface area contributed by atoms with E-state index in [9.17, 15) is 9.18 Å². The number of ether oxygens (including phenoxy) is 1. The first-order valence-electron chi connectivity index (χ1n) is 10.0. The molecule has 0 fully saturated rings. The number of halogens is 2. The van der Waals surface area contributed by atoms with Gasteiger partial charge in [-0.25, -0.2) is 4.39 Å². The monoisotopic (exact) mass is 493 g/mol. The molecular weight excluding hydrogens is 477 g/mol. The summed E-state index contributed by atoms with van der Waals surface area (Å²) in [7, 11) is 0. The molecule has 1 heterocycles. The number of amides is 1. The van der Waals surface area contributed by atoms with Crippen molar-refractivity contribution in [2.45, 2.75) is 11.8 Å². The van der Waals surface area contributed by atoms with E-state index in [0.717, 1.165) is 5.69 Å². The predicted octanol–water partition coefficient (Wildman–Crippen LogP) is 5.24. The number of rotatable bonds is 8. The summed E-state index contributed by atoms with van der Waals surface area (Å²) >= 11 is 7.21. The molecule has 0 radical (unpaired) electrons. The van der Waals surface area contributed by atoms with E-state index < -0.39 is 5.82 Å². The van der Waals surface area contributed by atoms with Crippen LogP contribution in [0.25, 0.3) is 5.69 Å². The summed E-state index contributed by atoms with van der Waals surface area (Å²) in [6.45, 7) is -0.0146. The number of carbonyl (C=O) groups is 1. The molecule has 0 aliphatic carbocycles. The highest BCUT2D eigenvalue weighted by atomic mass is 35.5. The quantitative estimate of drug-likeness (QED) is 0.337. The van der Waals surface area contributed by atoms with Gasteiger partial charge >= 0.3 is 0 Å². The minimum absolute atomic E-state index is 0.0146. The van der Waals surface area contributed by atoms with Gasteiger partial charge in [0.05, 0.1) is 16.3 Å². The van der Waals surface area contributed by atoms with Gasteiger partial charge in [-0.05, 0) is 42.5 Å². The average Bonchev–Trinajstić information content (AvgIpc) is 3.26. The Morgan fingerprint density at radius 3 is 2.62 bits per heavy atom. The number of nitrogens with one attached hydrogen (secondary N) is 1. The molecule has 4 aromatic rings. The number of nitriles is 1. The number of carbonyl (C=O) groups excluding carboxylic acids is 1. The fourth-order valence-electron chi connectivity index (χ4n) is 3.04. The Morgan fingerprint density at radius 1 is 1.12 bits per heavy atom. The summed E-state index contributed by atoms with van der Waals surface area (Å²) in [6, 6.07) is 22.1. The average molecular weight is 494 g/mol. The second kappa shape index (κ2) is 10.8. The van der Waals surface area contributed by atoms with Crippen LogP contribution in [0.3, 0.4) is 0 Å². The molecule has 0 spiro atoms. The maximum absolute atomic E-state index is 13.9. The minimum Gasteiger partial charge on any atom is -0.483 e. The molecule has 0 atom stereocenters. The first-order chi connectivity index (χ1) is 16.5. The van der Waals surface area contributed by atoms with Gasteiger partial charge < -0.3 is 10.1 Å². The zero-order valence-corrected chi connectivity index (χ0v) is 19.2. The molecular formula is C24H17ClFN5O2S. The lowest BCUT2D eigenvalue weighted by atomic mass is 10.2. The van der Waals surface area contributed by atoms with Gasteiger partial charge in [-0.1, -0.05) is 53.7 Å². The standard InChI is InChI=1S/C24H17ClFN5O2S/c25-19-12-17(11-10-16(19)13-27)28-23(32)15-34-24-30-29-22(31(24)18-6-2-1-3-7-18)14-33-21-9-5-4-8-20(21)26/h1-12H,14-15H2,(H,28,32). The van der Waals surface area contributed by atoms with Crippen LogP contribution in [0.15, 0.2) is 78.0 Å². The van der Waals surface area contributed by atoms with E-state index in [0.29, 0.717) is 22.2 Å². The van der Waals surface area contributed by atoms with Crippen molar-refractivity contribution in [1.29, 1.82) is 5.26 Å². The molecule has 34 heavy (non-hydrogen) atoms. The highest BCUT2D eigenvalue weighted by Crippen LogP contribution is 2.25. The predicted molar refractivity (Wildman–Crippen MR) is 128 cm³/mol. The number of hydrogen-bond donors (Lipinski definition) is 1. The van der Waals surface area contributed by atoms with Crippen LogP contribution in [0.2, 0.25) is 5.02 Å². The first-order valence-corrected chi connectivity index (χ1v) is 11.4. The van der Waals surface area contributed by atoms with E-state index in [1.807, 2.05) is 36.4 Å². The molecule has 0 saturated carbocycles. The van der Waals surface area contributed by atoms with Crippen LogP contribution in [0, 0.1) is 17.1 Å². The largest absolute Gasteiger partial charge is 0.483 e. The smallest absolute Gasteiger partial charge is 0.234 e. The van der Waals surface area contributed by atoms with Gasteiger partial charge in [0, 0.05) is 11.4 Å². The lowest BCUT2D eigenvalue weighted by Crippen LogP contribution is -2.15. The topological polar surface area (TPSA) is 92.8 Å². The molecule has 1 N–H and O–H groups in total. The molecule has 7 nitrogen and oxygen atoms in total. The molecule has 1 amide bonds. The molecule has 170 valence electrons. The summed E-state index contributed by atoms with van der Waals surface area (Å²) in [4.78, 5) is 12.5. The normalized spacial score (nSPS) is 10.5. The molecule has 0 unspecified atom stereocenters. The number of benzene rings is 3. The van der Waals surface area contributed by atoms with Crippen LogP contribution in [0.5, 0.6) is 5.75 Å². The Labute approximate surface area is 204 Å². The summed E-state index contributed by atoms with van der Waals surface area (Å²) < 4.78 is 21.3. The van der Waals surface area contributed by atoms with Crippen molar-refractivity contribution >= 4 is 35.0 Å². The van der Waals surface area contributed by atoms with E-state index in [1.165, 1.54) is 30.0 Å². The summed E-state index contributed by atoms with van der Waals surface area (Å²) in [5, 5.41) is 20.9. The molecule has 10 heteroatoms. The molecule has 4 rings (SSSR count). The van der Waals surface area contributed by atoms with Gasteiger partial charge in [-0.15, -0.1) is 10.2 Å². The third kappa shape index (κ3) is 5.54. The van der Waals surface area contributed by atoms with Crippen molar-refractivity contribution in [3.8, 4) is 17.5 Å². The second-order valence-corrected chi connectivity index (χ2v) is 8.28. The molecule has 0 aliphatic heterocycles. The van der Waals surface area contributed by atoms with E-state index >= 15 is 0 Å². The zero-order chi connectivity index (χ0) is 23.9. The highest BCUT2D eigenvalue weighted by Gasteiger charge is 2.17. The van der Waals surface area contributed by atoms with E-state index in [4.69, 9.17) is 21.6 Å². The first kappa shape index (κ1) is 23.3. The highest BCUT2D eigenvalue weighted by molar-refractivity contribution is 7.99. The SMILES string of the molecule is N#Cc1ccc(NC(=O)CSc2nnc(COc3ccccc3F)n2-c2ccccc2)cc1Cl. The van der Waals surface area contributed by atoms with Crippen LogP contribution in [0.1, 0.15) is 11.4 Å². The Morgan fingerprint density at radius 2 is 1.88 bits per heavy atom. The van der Waals surface area contributed by atoms with Crippen molar-refractivity contribution in [2.75, 3.05) is 11.1 Å². The lowest BCUT2D eigenvalue weighted by Gasteiger charge is -2.11. The lowest BCUT2D eigenvalue weighted by molar-refractivity contribution is -0.113. The molecule has 0 bridgehead atoms. The fraction of sp³-hybridized carbons (Fsp3) is 0.0833. The van der Waals surface area contributed by atoms with E-state index in [1.54, 1.807) is 28.8 Å². The molecule has 0 saturated heterocycles. The van der Waals surface area contributed by atoms with Crippen molar-refractivity contribution in [1.82, 2.24) is 14.8 Å². The van der Waals surface area contributed by atoms with E-state index in [2.05, 4.69) is 15.5 Å². The van der Waals surface area contributed by atoms with Crippen LogP contribution in [-0.2, 0) is 11.4 Å². The minimum atomic E-state index is -0.470. The Bertz CT molecular complexity index is 1360. The number of hydrogen-bond acceptors (Lipinski definition) is 6. The maximum atomic E-state index is 13.9. The van der Waals surface area contributed by atoms with Crippen LogP contribution in [-0.4, -0.2) is 26.4 Å². The van der Waals surface area contributed by atoms with Crippen LogP contribution < -0.4 is 10.1 Å². The Kier molecular flexibility index (Phi) is 7.42. The number of anilines is 1. The maximum Gasteiger partial charge on any atom is 0.234 e. The van der Waals surface area contributed by atoms with Crippen LogP contribution >= 0.6 is 23.4 Å². The van der Waals surface area contributed by atoms with Crippen molar-refractivity contribution < 1.29 is 13.9 Å². The van der Waals surface area contributed by atoms with Crippen molar-refractivity contribution in [3.63, 3.8) is 0 Å². The van der Waals surface area contributed by atoms with Gasteiger partial charge in [0.15, 0.2) is 22.5 Å². The fourth-order valence-corrected chi connectivity index (χ4v) is 4.03. The number of para-hydroxylation sites is 2. The molecule has 0 aliphatic rings. The zero-order valence-electron chi connectivity index (χ0n) is 17.6. The Hall–Kier alpha value is -3.87. The third-order valence-corrected chi connectivity index (χ3v) is 5.86. The Balaban J connectivity index is 1.49. The number of nitrogens with zero attached hydrogens (tertiary/aromatic N) is 4. The van der Waals surface area contributed by atoms with Gasteiger partial charge in [0.2, 0.25) is 5.91 Å². The summed E-state index contributed by atoms with van der Waals surface area (Å²) in [5.74, 6) is -0.132. The van der Waals surface area contributed by atoms with Gasteiger partial charge in [-0.3, -0.25) is 9.36 Å². The summed E-state index contributed by atoms with van der Waals surface area (Å²) in [6.07, 6.45) is 0. The van der Waals surface area contributed by atoms with Gasteiger partial charge in [-0.2, -0.15) is 5.26 Å². The van der Waals surface area contributed by atoms with E-state index in [-0.39, 0.29) is 29.0 Å². The summed E-state index contributed by atoms with van der Waals surface area (Å²) in [5.41, 5.74) is 1.59. The number of thioether (sulfide) groups is 1. The number of aromatic nitrogens is 3. The van der Waals surface area contributed by atoms with Crippen molar-refractivity contribution in [2.24, 2.45) is 0 Å².